The quantitative estimate of drug-likeness (QED) is 0.865. The highest BCUT2D eigenvalue weighted by molar-refractivity contribution is 5.68. The third kappa shape index (κ3) is 3.51. The van der Waals surface area contributed by atoms with E-state index in [-0.39, 0.29) is 11.9 Å². The smallest absolute Gasteiger partial charge is 0.427 e. The summed E-state index contributed by atoms with van der Waals surface area (Å²) in [7, 11) is 1.70. The van der Waals surface area contributed by atoms with E-state index in [1.54, 1.807) is 45.0 Å². The largest absolute Gasteiger partial charge is 0.443 e. The molecule has 1 aliphatic rings. The van der Waals surface area contributed by atoms with E-state index in [4.69, 9.17) is 4.74 Å². The molecule has 1 aliphatic heterocycles. The first-order chi connectivity index (χ1) is 9.69. The van der Waals surface area contributed by atoms with Crippen molar-refractivity contribution in [3.63, 3.8) is 0 Å². The van der Waals surface area contributed by atoms with Gasteiger partial charge in [-0.2, -0.15) is 0 Å². The van der Waals surface area contributed by atoms with Crippen LogP contribution in [0.15, 0.2) is 24.3 Å². The number of aliphatic hydroxyl groups excluding tert-OH is 1. The van der Waals surface area contributed by atoms with E-state index >= 15 is 0 Å². The topological polar surface area (TPSA) is 53.0 Å². The van der Waals surface area contributed by atoms with Crippen LogP contribution in [0.5, 0.6) is 0 Å². The van der Waals surface area contributed by atoms with Crippen molar-refractivity contribution < 1.29 is 19.0 Å². The summed E-state index contributed by atoms with van der Waals surface area (Å²) in [4.78, 5) is 12.2. The van der Waals surface area contributed by atoms with Crippen molar-refractivity contribution in [3.8, 4) is 0 Å². The molecule has 116 valence electrons. The second-order valence-corrected chi connectivity index (χ2v) is 6.18. The summed E-state index contributed by atoms with van der Waals surface area (Å²) in [6, 6.07) is 5.84. The number of amides is 1. The molecule has 1 N–H and O–H groups in total. The summed E-state index contributed by atoms with van der Waals surface area (Å²) in [6.07, 6.45) is -1.21. The number of carbonyl (C=O) groups is 1. The number of hydrazine groups is 1. The number of carbonyl (C=O) groups excluding carboxylic acids is 1. The average molecular weight is 296 g/mol. The van der Waals surface area contributed by atoms with E-state index in [1.807, 2.05) is 0 Å². The minimum Gasteiger partial charge on any atom is -0.443 e. The lowest BCUT2D eigenvalue weighted by Gasteiger charge is -2.31. The molecule has 2 rings (SSSR count). The highest BCUT2D eigenvalue weighted by Crippen LogP contribution is 2.34. The molecule has 1 saturated heterocycles. The van der Waals surface area contributed by atoms with Gasteiger partial charge in [0.25, 0.3) is 0 Å². The molecule has 2 atom stereocenters. The number of benzene rings is 1. The average Bonchev–Trinajstić information content (AvgIpc) is 2.63. The van der Waals surface area contributed by atoms with E-state index in [0.29, 0.717) is 6.42 Å². The SMILES string of the molecule is CN1[C@H](c2ccc(F)cc2)CC(O)N1C(=O)OC(C)(C)C. The van der Waals surface area contributed by atoms with E-state index in [1.165, 1.54) is 17.1 Å². The second-order valence-electron chi connectivity index (χ2n) is 6.18. The Bertz CT molecular complexity index is 513. The summed E-state index contributed by atoms with van der Waals surface area (Å²) in [5, 5.41) is 12.9. The Balaban J connectivity index is 2.16. The first-order valence-electron chi connectivity index (χ1n) is 6.87. The molecule has 1 amide bonds. The normalized spacial score (nSPS) is 23.4. The summed E-state index contributed by atoms with van der Waals surface area (Å²) in [5.74, 6) is -0.316. The molecule has 1 heterocycles. The molecule has 1 fully saturated rings. The van der Waals surface area contributed by atoms with Gasteiger partial charge in [-0.15, -0.1) is 0 Å². The zero-order valence-corrected chi connectivity index (χ0v) is 12.7. The van der Waals surface area contributed by atoms with Crippen molar-refractivity contribution in [3.05, 3.63) is 35.6 Å². The van der Waals surface area contributed by atoms with Gasteiger partial charge in [-0.05, 0) is 38.5 Å². The number of aliphatic hydroxyl groups is 1. The maximum absolute atomic E-state index is 13.0. The van der Waals surface area contributed by atoms with E-state index in [9.17, 15) is 14.3 Å². The lowest BCUT2D eigenvalue weighted by molar-refractivity contribution is -0.0839. The molecular formula is C15H21FN2O3. The molecule has 1 aromatic rings. The molecule has 0 aromatic heterocycles. The summed E-state index contributed by atoms with van der Waals surface area (Å²) in [6.45, 7) is 5.31. The Morgan fingerprint density at radius 1 is 1.33 bits per heavy atom. The standard InChI is InChI=1S/C15H21FN2O3/c1-15(2,3)21-14(20)18-13(19)9-12(17(18)4)10-5-7-11(16)8-6-10/h5-8,12-13,19H,9H2,1-4H3/t12-,13?/m0/s1. The predicted molar refractivity (Wildman–Crippen MR) is 75.6 cm³/mol. The van der Waals surface area contributed by atoms with Gasteiger partial charge < -0.3 is 9.84 Å². The van der Waals surface area contributed by atoms with Crippen molar-refractivity contribution in [2.24, 2.45) is 0 Å². The third-order valence-corrected chi connectivity index (χ3v) is 3.34. The van der Waals surface area contributed by atoms with Crippen LogP contribution in [-0.4, -0.2) is 40.1 Å². The van der Waals surface area contributed by atoms with Crippen molar-refractivity contribution >= 4 is 6.09 Å². The highest BCUT2D eigenvalue weighted by Gasteiger charge is 2.41. The highest BCUT2D eigenvalue weighted by atomic mass is 19.1. The van der Waals surface area contributed by atoms with Crippen molar-refractivity contribution in [1.29, 1.82) is 0 Å². The number of nitrogens with zero attached hydrogens (tertiary/aromatic N) is 2. The fraction of sp³-hybridized carbons (Fsp3) is 0.533. The zero-order chi connectivity index (χ0) is 15.8. The Morgan fingerprint density at radius 2 is 1.90 bits per heavy atom. The summed E-state index contributed by atoms with van der Waals surface area (Å²) < 4.78 is 18.3. The van der Waals surface area contributed by atoms with Crippen molar-refractivity contribution in [2.75, 3.05) is 7.05 Å². The third-order valence-electron chi connectivity index (χ3n) is 3.34. The number of halogens is 1. The molecule has 5 nitrogen and oxygen atoms in total. The molecule has 0 radical (unpaired) electrons. The van der Waals surface area contributed by atoms with Crippen molar-refractivity contribution in [2.45, 2.75) is 45.1 Å². The lowest BCUT2D eigenvalue weighted by Crippen LogP contribution is -2.46. The predicted octanol–water partition coefficient (Wildman–Crippen LogP) is 2.67. The van der Waals surface area contributed by atoms with Gasteiger partial charge in [0.2, 0.25) is 0 Å². The minimum atomic E-state index is -0.958. The first kappa shape index (κ1) is 15.7. The summed E-state index contributed by atoms with van der Waals surface area (Å²) in [5.41, 5.74) is 0.204. The number of ether oxygens (including phenoxy) is 1. The van der Waals surface area contributed by atoms with Crippen molar-refractivity contribution in [1.82, 2.24) is 10.0 Å². The van der Waals surface area contributed by atoms with Gasteiger partial charge in [-0.3, -0.25) is 0 Å². The fourth-order valence-electron chi connectivity index (χ4n) is 2.41. The molecule has 0 saturated carbocycles. The van der Waals surface area contributed by atoms with Gasteiger partial charge in [0.05, 0.1) is 6.04 Å². The monoisotopic (exact) mass is 296 g/mol. The van der Waals surface area contributed by atoms with Crippen LogP contribution in [0, 0.1) is 5.82 Å². The molecule has 6 heteroatoms. The Kier molecular flexibility index (Phi) is 4.20. The van der Waals surface area contributed by atoms with Gasteiger partial charge in [-0.1, -0.05) is 12.1 Å². The van der Waals surface area contributed by atoms with Gasteiger partial charge in [-0.25, -0.2) is 19.2 Å². The molecule has 1 unspecified atom stereocenters. The number of hydrogen-bond acceptors (Lipinski definition) is 4. The van der Waals surface area contributed by atoms with E-state index in [2.05, 4.69) is 0 Å². The fourth-order valence-corrected chi connectivity index (χ4v) is 2.41. The Morgan fingerprint density at radius 3 is 2.43 bits per heavy atom. The van der Waals surface area contributed by atoms with Gasteiger partial charge in [0.1, 0.15) is 17.6 Å². The Labute approximate surface area is 123 Å². The van der Waals surface area contributed by atoms with E-state index in [0.717, 1.165) is 5.56 Å². The van der Waals surface area contributed by atoms with Crippen LogP contribution >= 0.6 is 0 Å². The van der Waals surface area contributed by atoms with Gasteiger partial charge in [0, 0.05) is 13.5 Å². The van der Waals surface area contributed by atoms with Gasteiger partial charge >= 0.3 is 6.09 Å². The zero-order valence-electron chi connectivity index (χ0n) is 12.7. The van der Waals surface area contributed by atoms with E-state index < -0.39 is 17.9 Å². The number of hydrogen-bond donors (Lipinski definition) is 1. The van der Waals surface area contributed by atoms with Gasteiger partial charge in [0.15, 0.2) is 0 Å². The lowest BCUT2D eigenvalue weighted by atomic mass is 10.0. The summed E-state index contributed by atoms with van der Waals surface area (Å²) >= 11 is 0. The molecular weight excluding hydrogens is 275 g/mol. The first-order valence-corrected chi connectivity index (χ1v) is 6.87. The molecule has 0 aliphatic carbocycles. The van der Waals surface area contributed by atoms with Crippen LogP contribution < -0.4 is 0 Å². The van der Waals surface area contributed by atoms with Crippen LogP contribution in [0.25, 0.3) is 0 Å². The van der Waals surface area contributed by atoms with Crippen LogP contribution in [0.3, 0.4) is 0 Å². The van der Waals surface area contributed by atoms with Crippen LogP contribution in [0.4, 0.5) is 9.18 Å². The molecule has 0 bridgehead atoms. The maximum Gasteiger partial charge on any atom is 0.427 e. The molecule has 0 spiro atoms. The van der Waals surface area contributed by atoms with Crippen LogP contribution in [0.1, 0.15) is 38.8 Å². The molecule has 21 heavy (non-hydrogen) atoms. The number of rotatable bonds is 1. The second kappa shape index (κ2) is 5.61. The van der Waals surface area contributed by atoms with Crippen LogP contribution in [0.2, 0.25) is 0 Å². The molecule has 1 aromatic carbocycles. The maximum atomic E-state index is 13.0. The van der Waals surface area contributed by atoms with Crippen LogP contribution in [-0.2, 0) is 4.74 Å². The minimum absolute atomic E-state index is 0.201. The Hall–Kier alpha value is -1.66.